The molecule has 3 amide bonds. The third-order valence-electron chi connectivity index (χ3n) is 5.84. The molecule has 3 rings (SSSR count). The molecule has 0 aromatic carbocycles. The van der Waals surface area contributed by atoms with Crippen molar-refractivity contribution >= 4 is 23.6 Å². The highest BCUT2D eigenvalue weighted by molar-refractivity contribution is 5.86. The number of ether oxygens (including phenoxy) is 2. The third kappa shape index (κ3) is 6.79. The number of anilines is 1. The SMILES string of the molecule is Cc1nc(OCC(=O)N(C)C2CCN(C(=O)C3CC3)CC2)nc(C)c1NC(=O)OC(C)(C)C. The highest BCUT2D eigenvalue weighted by atomic mass is 16.6. The molecule has 10 heteroatoms. The molecule has 2 heterocycles. The van der Waals surface area contributed by atoms with Gasteiger partial charge in [-0.3, -0.25) is 14.9 Å². The predicted molar refractivity (Wildman–Crippen MR) is 122 cm³/mol. The molecule has 1 aliphatic heterocycles. The number of piperidine rings is 1. The van der Waals surface area contributed by atoms with Gasteiger partial charge in [-0.25, -0.2) is 4.79 Å². The van der Waals surface area contributed by atoms with Gasteiger partial charge in [-0.05, 0) is 60.3 Å². The Morgan fingerprint density at radius 1 is 1.06 bits per heavy atom. The van der Waals surface area contributed by atoms with Crippen molar-refractivity contribution in [2.75, 3.05) is 32.1 Å². The average Bonchev–Trinajstić information content (AvgIpc) is 3.58. The fourth-order valence-electron chi connectivity index (χ4n) is 3.83. The number of hydrogen-bond acceptors (Lipinski definition) is 7. The Morgan fingerprint density at radius 2 is 1.64 bits per heavy atom. The normalized spacial score (nSPS) is 16.8. The zero-order chi connectivity index (χ0) is 24.3. The van der Waals surface area contributed by atoms with E-state index >= 15 is 0 Å². The molecule has 0 spiro atoms. The lowest BCUT2D eigenvalue weighted by atomic mass is 10.0. The summed E-state index contributed by atoms with van der Waals surface area (Å²) in [5.41, 5.74) is 0.854. The highest BCUT2D eigenvalue weighted by Gasteiger charge is 2.36. The van der Waals surface area contributed by atoms with E-state index in [-0.39, 0.29) is 36.4 Å². The maximum atomic E-state index is 12.7. The van der Waals surface area contributed by atoms with E-state index in [1.54, 1.807) is 46.6 Å². The van der Waals surface area contributed by atoms with E-state index in [2.05, 4.69) is 15.3 Å². The van der Waals surface area contributed by atoms with Crippen LogP contribution in [0.1, 0.15) is 57.8 Å². The minimum Gasteiger partial charge on any atom is -0.453 e. The maximum Gasteiger partial charge on any atom is 0.412 e. The van der Waals surface area contributed by atoms with Crippen LogP contribution in [0, 0.1) is 19.8 Å². The zero-order valence-corrected chi connectivity index (χ0v) is 20.4. The molecular weight excluding hydrogens is 426 g/mol. The highest BCUT2D eigenvalue weighted by Crippen LogP contribution is 2.32. The van der Waals surface area contributed by atoms with Gasteiger partial charge < -0.3 is 19.3 Å². The molecule has 1 saturated heterocycles. The average molecular weight is 462 g/mol. The first-order chi connectivity index (χ1) is 15.4. The number of amides is 3. The van der Waals surface area contributed by atoms with Crippen molar-refractivity contribution in [3.05, 3.63) is 11.4 Å². The molecular formula is C23H35N5O5. The van der Waals surface area contributed by atoms with Gasteiger partial charge in [-0.15, -0.1) is 0 Å². The number of aromatic nitrogens is 2. The molecule has 0 atom stereocenters. The smallest absolute Gasteiger partial charge is 0.412 e. The van der Waals surface area contributed by atoms with Gasteiger partial charge in [-0.1, -0.05) is 0 Å². The summed E-state index contributed by atoms with van der Waals surface area (Å²) in [6, 6.07) is 0.153. The summed E-state index contributed by atoms with van der Waals surface area (Å²) in [4.78, 5) is 49.1. The van der Waals surface area contributed by atoms with Crippen LogP contribution in [0.5, 0.6) is 6.01 Å². The minimum atomic E-state index is -0.619. The summed E-state index contributed by atoms with van der Waals surface area (Å²) >= 11 is 0. The lowest BCUT2D eigenvalue weighted by Gasteiger charge is -2.36. The summed E-state index contributed by atoms with van der Waals surface area (Å²) in [6.07, 6.45) is 2.95. The molecule has 1 aliphatic carbocycles. The molecule has 0 radical (unpaired) electrons. The molecule has 10 nitrogen and oxygen atoms in total. The number of nitrogens with zero attached hydrogens (tertiary/aromatic N) is 4. The maximum absolute atomic E-state index is 12.7. The first-order valence-electron chi connectivity index (χ1n) is 11.5. The monoisotopic (exact) mass is 461 g/mol. The van der Waals surface area contributed by atoms with Gasteiger partial charge in [0.1, 0.15) is 5.60 Å². The third-order valence-corrected chi connectivity index (χ3v) is 5.84. The first-order valence-corrected chi connectivity index (χ1v) is 11.5. The number of carbonyl (C=O) groups excluding carboxylic acids is 3. The minimum absolute atomic E-state index is 0.0753. The summed E-state index contributed by atoms with van der Waals surface area (Å²) in [5.74, 6) is 0.321. The molecule has 1 saturated carbocycles. The van der Waals surface area contributed by atoms with Crippen LogP contribution in [-0.2, 0) is 14.3 Å². The first kappa shape index (κ1) is 24.7. The Kier molecular flexibility index (Phi) is 7.44. The lowest BCUT2D eigenvalue weighted by molar-refractivity contribution is -0.137. The number of hydrogen-bond donors (Lipinski definition) is 1. The van der Waals surface area contributed by atoms with Crippen LogP contribution in [0.15, 0.2) is 0 Å². The Balaban J connectivity index is 1.50. The van der Waals surface area contributed by atoms with Crippen molar-refractivity contribution in [3.63, 3.8) is 0 Å². The number of nitrogens with one attached hydrogen (secondary N) is 1. The van der Waals surface area contributed by atoms with Gasteiger partial charge in [0.15, 0.2) is 6.61 Å². The quantitative estimate of drug-likeness (QED) is 0.693. The largest absolute Gasteiger partial charge is 0.453 e. The standard InChI is InChI=1S/C23H35N5O5/c1-14-19(26-22(31)33-23(3,4)5)15(2)25-21(24-14)32-13-18(29)27(6)17-9-11-28(12-10-17)20(30)16-7-8-16/h16-17H,7-13H2,1-6H3,(H,26,31). The van der Waals surface area contributed by atoms with E-state index in [0.29, 0.717) is 30.2 Å². The summed E-state index contributed by atoms with van der Waals surface area (Å²) in [7, 11) is 1.76. The number of likely N-dealkylation sites (tertiary alicyclic amines) is 1. The molecule has 0 bridgehead atoms. The number of rotatable bonds is 6. The van der Waals surface area contributed by atoms with E-state index in [4.69, 9.17) is 9.47 Å². The van der Waals surface area contributed by atoms with Gasteiger partial charge in [0, 0.05) is 32.1 Å². The second-order valence-electron chi connectivity index (χ2n) is 9.80. The Morgan fingerprint density at radius 3 is 2.15 bits per heavy atom. The molecule has 1 aromatic heterocycles. The number of carbonyl (C=O) groups is 3. The second kappa shape index (κ2) is 9.93. The van der Waals surface area contributed by atoms with Crippen LogP contribution in [0.2, 0.25) is 0 Å². The van der Waals surface area contributed by atoms with Crippen LogP contribution in [0.4, 0.5) is 10.5 Å². The second-order valence-corrected chi connectivity index (χ2v) is 9.80. The zero-order valence-electron chi connectivity index (χ0n) is 20.4. The summed E-state index contributed by atoms with van der Waals surface area (Å²) in [6.45, 7) is 9.98. The van der Waals surface area contributed by atoms with Crippen LogP contribution >= 0.6 is 0 Å². The molecule has 33 heavy (non-hydrogen) atoms. The van der Waals surface area contributed by atoms with Crippen LogP contribution in [-0.4, -0.2) is 76.1 Å². The molecule has 0 unspecified atom stereocenters. The van der Waals surface area contributed by atoms with Crippen LogP contribution in [0.3, 0.4) is 0 Å². The lowest BCUT2D eigenvalue weighted by Crippen LogP contribution is -2.48. The molecule has 182 valence electrons. The van der Waals surface area contributed by atoms with E-state index in [1.807, 2.05) is 4.90 Å². The van der Waals surface area contributed by atoms with Crippen molar-refractivity contribution in [2.45, 2.75) is 71.9 Å². The summed E-state index contributed by atoms with van der Waals surface area (Å²) < 4.78 is 10.8. The van der Waals surface area contributed by atoms with Crippen molar-refractivity contribution in [2.24, 2.45) is 5.92 Å². The molecule has 2 aliphatic rings. The Bertz CT molecular complexity index is 878. The van der Waals surface area contributed by atoms with Crippen LogP contribution < -0.4 is 10.1 Å². The van der Waals surface area contributed by atoms with Gasteiger partial charge >= 0.3 is 12.1 Å². The van der Waals surface area contributed by atoms with Crippen molar-refractivity contribution in [1.29, 1.82) is 0 Å². The van der Waals surface area contributed by atoms with Gasteiger partial charge in [-0.2, -0.15) is 9.97 Å². The topological polar surface area (TPSA) is 114 Å². The Labute approximate surface area is 195 Å². The van der Waals surface area contributed by atoms with Crippen molar-refractivity contribution in [3.8, 4) is 6.01 Å². The molecule has 2 fully saturated rings. The van der Waals surface area contributed by atoms with E-state index in [9.17, 15) is 14.4 Å². The molecule has 1 aromatic rings. The fraction of sp³-hybridized carbons (Fsp3) is 0.696. The Hall–Kier alpha value is -2.91. The fourth-order valence-corrected chi connectivity index (χ4v) is 3.83. The van der Waals surface area contributed by atoms with Crippen LogP contribution in [0.25, 0.3) is 0 Å². The number of aryl methyl sites for hydroxylation is 2. The van der Waals surface area contributed by atoms with Gasteiger partial charge in [0.2, 0.25) is 5.91 Å². The van der Waals surface area contributed by atoms with E-state index in [1.165, 1.54) is 0 Å². The van der Waals surface area contributed by atoms with Crippen molar-refractivity contribution < 1.29 is 23.9 Å². The van der Waals surface area contributed by atoms with Gasteiger partial charge in [0.05, 0.1) is 17.1 Å². The predicted octanol–water partition coefficient (Wildman–Crippen LogP) is 2.68. The molecule has 1 N–H and O–H groups in total. The summed E-state index contributed by atoms with van der Waals surface area (Å²) in [5, 5.41) is 2.67. The van der Waals surface area contributed by atoms with Gasteiger partial charge in [0.25, 0.3) is 5.91 Å². The number of likely N-dealkylation sites (N-methyl/N-ethyl adjacent to an activating group) is 1. The van der Waals surface area contributed by atoms with Crippen molar-refractivity contribution in [1.82, 2.24) is 19.8 Å². The van der Waals surface area contributed by atoms with E-state index in [0.717, 1.165) is 25.7 Å². The van der Waals surface area contributed by atoms with E-state index < -0.39 is 11.7 Å².